The standard InChI is InChI=1S/C11H12N2S/c1-9(10-3-2-5-12-7-10)13-11-4-6-14-8-11/h2-9,13H,1H3. The van der Waals surface area contributed by atoms with Crippen molar-refractivity contribution in [2.75, 3.05) is 5.32 Å². The number of aromatic nitrogens is 1. The van der Waals surface area contributed by atoms with Crippen molar-refractivity contribution in [2.24, 2.45) is 0 Å². The highest BCUT2D eigenvalue weighted by atomic mass is 32.1. The van der Waals surface area contributed by atoms with Gasteiger partial charge in [-0.3, -0.25) is 4.98 Å². The van der Waals surface area contributed by atoms with Gasteiger partial charge in [0.05, 0.1) is 6.04 Å². The van der Waals surface area contributed by atoms with Crippen LogP contribution in [0, 0.1) is 0 Å². The van der Waals surface area contributed by atoms with Crippen molar-refractivity contribution < 1.29 is 0 Å². The van der Waals surface area contributed by atoms with Crippen molar-refractivity contribution in [1.29, 1.82) is 0 Å². The molecule has 0 amide bonds. The van der Waals surface area contributed by atoms with Crippen LogP contribution in [-0.2, 0) is 0 Å². The summed E-state index contributed by atoms with van der Waals surface area (Å²) in [5.74, 6) is 0. The molecule has 2 aromatic rings. The Labute approximate surface area is 87.6 Å². The lowest BCUT2D eigenvalue weighted by Crippen LogP contribution is -2.05. The first-order valence-electron chi connectivity index (χ1n) is 4.55. The van der Waals surface area contributed by atoms with Gasteiger partial charge in [-0.2, -0.15) is 11.3 Å². The number of anilines is 1. The van der Waals surface area contributed by atoms with Crippen molar-refractivity contribution >= 4 is 17.0 Å². The smallest absolute Gasteiger partial charge is 0.0501 e. The summed E-state index contributed by atoms with van der Waals surface area (Å²) in [6.07, 6.45) is 3.69. The first kappa shape index (κ1) is 9.21. The second-order valence-electron chi connectivity index (χ2n) is 3.16. The maximum absolute atomic E-state index is 4.10. The molecular weight excluding hydrogens is 192 g/mol. The van der Waals surface area contributed by atoms with Crippen LogP contribution >= 0.6 is 11.3 Å². The second-order valence-corrected chi connectivity index (χ2v) is 3.94. The molecule has 0 aliphatic heterocycles. The minimum Gasteiger partial charge on any atom is -0.378 e. The predicted octanol–water partition coefficient (Wildman–Crippen LogP) is 3.32. The molecule has 0 saturated heterocycles. The third-order valence-electron chi connectivity index (χ3n) is 2.09. The van der Waals surface area contributed by atoms with Crippen molar-refractivity contribution in [3.8, 4) is 0 Å². The van der Waals surface area contributed by atoms with Gasteiger partial charge in [-0.1, -0.05) is 6.07 Å². The summed E-state index contributed by atoms with van der Waals surface area (Å²) in [6.45, 7) is 2.13. The molecule has 0 radical (unpaired) electrons. The van der Waals surface area contributed by atoms with E-state index in [-0.39, 0.29) is 0 Å². The minimum absolute atomic E-state index is 0.304. The van der Waals surface area contributed by atoms with Gasteiger partial charge in [0, 0.05) is 23.5 Å². The highest BCUT2D eigenvalue weighted by molar-refractivity contribution is 7.08. The Hall–Kier alpha value is -1.35. The van der Waals surface area contributed by atoms with Gasteiger partial charge >= 0.3 is 0 Å². The molecule has 2 heterocycles. The summed E-state index contributed by atoms with van der Waals surface area (Å²) >= 11 is 1.70. The van der Waals surface area contributed by atoms with Crippen molar-refractivity contribution in [3.05, 3.63) is 46.9 Å². The van der Waals surface area contributed by atoms with Gasteiger partial charge in [-0.05, 0) is 30.0 Å². The molecular formula is C11H12N2S. The van der Waals surface area contributed by atoms with E-state index < -0.39 is 0 Å². The lowest BCUT2D eigenvalue weighted by atomic mass is 10.1. The monoisotopic (exact) mass is 204 g/mol. The average Bonchev–Trinajstić information content (AvgIpc) is 2.72. The van der Waals surface area contributed by atoms with E-state index in [0.29, 0.717) is 6.04 Å². The van der Waals surface area contributed by atoms with E-state index in [1.165, 1.54) is 11.3 Å². The number of hydrogen-bond donors (Lipinski definition) is 1. The summed E-state index contributed by atoms with van der Waals surface area (Å²) in [5, 5.41) is 7.58. The second kappa shape index (κ2) is 4.24. The van der Waals surface area contributed by atoms with Crippen LogP contribution < -0.4 is 5.32 Å². The lowest BCUT2D eigenvalue weighted by Gasteiger charge is -2.13. The molecule has 3 heteroatoms. The fourth-order valence-electron chi connectivity index (χ4n) is 1.31. The Morgan fingerprint density at radius 1 is 1.43 bits per heavy atom. The molecule has 72 valence electrons. The van der Waals surface area contributed by atoms with Crippen LogP contribution in [0.4, 0.5) is 5.69 Å². The van der Waals surface area contributed by atoms with Crippen LogP contribution in [-0.4, -0.2) is 4.98 Å². The van der Waals surface area contributed by atoms with Crippen LogP contribution in [0.3, 0.4) is 0 Å². The Balaban J connectivity index is 2.07. The van der Waals surface area contributed by atoms with E-state index in [4.69, 9.17) is 0 Å². The summed E-state index contributed by atoms with van der Waals surface area (Å²) in [5.41, 5.74) is 2.38. The van der Waals surface area contributed by atoms with Gasteiger partial charge in [-0.25, -0.2) is 0 Å². The normalized spacial score (nSPS) is 12.4. The predicted molar refractivity (Wildman–Crippen MR) is 60.6 cm³/mol. The summed E-state index contributed by atoms with van der Waals surface area (Å²) in [6, 6.07) is 6.42. The van der Waals surface area contributed by atoms with E-state index in [1.807, 2.05) is 12.3 Å². The average molecular weight is 204 g/mol. The zero-order valence-electron chi connectivity index (χ0n) is 7.97. The molecule has 1 N–H and O–H groups in total. The molecule has 2 rings (SSSR count). The highest BCUT2D eigenvalue weighted by Crippen LogP contribution is 2.19. The maximum atomic E-state index is 4.10. The molecule has 14 heavy (non-hydrogen) atoms. The molecule has 0 aliphatic rings. The zero-order chi connectivity index (χ0) is 9.80. The van der Waals surface area contributed by atoms with E-state index >= 15 is 0 Å². The van der Waals surface area contributed by atoms with Gasteiger partial charge in [0.15, 0.2) is 0 Å². The van der Waals surface area contributed by atoms with E-state index in [2.05, 4.69) is 40.1 Å². The van der Waals surface area contributed by atoms with Gasteiger partial charge in [0.25, 0.3) is 0 Å². The van der Waals surface area contributed by atoms with Gasteiger partial charge in [0.2, 0.25) is 0 Å². The Morgan fingerprint density at radius 2 is 2.36 bits per heavy atom. The van der Waals surface area contributed by atoms with Crippen LogP contribution in [0.1, 0.15) is 18.5 Å². The molecule has 2 aromatic heterocycles. The molecule has 0 aromatic carbocycles. The molecule has 0 fully saturated rings. The van der Waals surface area contributed by atoms with Gasteiger partial charge < -0.3 is 5.32 Å². The number of pyridine rings is 1. The Bertz CT molecular complexity index is 369. The number of nitrogens with zero attached hydrogens (tertiary/aromatic N) is 1. The summed E-state index contributed by atoms with van der Waals surface area (Å²) in [4.78, 5) is 4.10. The van der Waals surface area contributed by atoms with E-state index in [9.17, 15) is 0 Å². The largest absolute Gasteiger partial charge is 0.378 e. The Morgan fingerprint density at radius 3 is 3.00 bits per heavy atom. The highest BCUT2D eigenvalue weighted by Gasteiger charge is 2.04. The fourth-order valence-corrected chi connectivity index (χ4v) is 1.91. The SMILES string of the molecule is CC(Nc1ccsc1)c1cccnc1. The van der Waals surface area contributed by atoms with Crippen LogP contribution in [0.25, 0.3) is 0 Å². The third kappa shape index (κ3) is 2.12. The van der Waals surface area contributed by atoms with Crippen LogP contribution in [0.15, 0.2) is 41.4 Å². The molecule has 0 saturated carbocycles. The third-order valence-corrected chi connectivity index (χ3v) is 2.77. The van der Waals surface area contributed by atoms with Crippen molar-refractivity contribution in [3.63, 3.8) is 0 Å². The summed E-state index contributed by atoms with van der Waals surface area (Å²) < 4.78 is 0. The maximum Gasteiger partial charge on any atom is 0.0501 e. The minimum atomic E-state index is 0.304. The summed E-state index contributed by atoms with van der Waals surface area (Å²) in [7, 11) is 0. The number of hydrogen-bond acceptors (Lipinski definition) is 3. The van der Waals surface area contributed by atoms with Crippen molar-refractivity contribution in [2.45, 2.75) is 13.0 Å². The zero-order valence-corrected chi connectivity index (χ0v) is 8.79. The van der Waals surface area contributed by atoms with Crippen LogP contribution in [0.2, 0.25) is 0 Å². The first-order chi connectivity index (χ1) is 6.86. The van der Waals surface area contributed by atoms with Crippen molar-refractivity contribution in [1.82, 2.24) is 4.98 Å². The molecule has 0 bridgehead atoms. The molecule has 2 nitrogen and oxygen atoms in total. The number of thiophene rings is 1. The Kier molecular flexibility index (Phi) is 2.79. The molecule has 0 spiro atoms. The first-order valence-corrected chi connectivity index (χ1v) is 5.49. The molecule has 0 aliphatic carbocycles. The number of nitrogens with one attached hydrogen (secondary N) is 1. The topological polar surface area (TPSA) is 24.9 Å². The lowest BCUT2D eigenvalue weighted by molar-refractivity contribution is 0.877. The van der Waals surface area contributed by atoms with E-state index in [0.717, 1.165) is 0 Å². The molecule has 1 atom stereocenters. The number of rotatable bonds is 3. The quantitative estimate of drug-likeness (QED) is 0.829. The van der Waals surface area contributed by atoms with Gasteiger partial charge in [0.1, 0.15) is 0 Å². The van der Waals surface area contributed by atoms with Crippen LogP contribution in [0.5, 0.6) is 0 Å². The van der Waals surface area contributed by atoms with E-state index in [1.54, 1.807) is 17.5 Å². The fraction of sp³-hybridized carbons (Fsp3) is 0.182. The van der Waals surface area contributed by atoms with Gasteiger partial charge in [-0.15, -0.1) is 0 Å². The molecule has 1 unspecified atom stereocenters.